The number of hydrogen-bond acceptors (Lipinski definition) is 4. The van der Waals surface area contributed by atoms with Crippen molar-refractivity contribution in [2.75, 3.05) is 16.8 Å². The molecule has 0 aliphatic carbocycles. The number of nitrogens with one attached hydrogen (secondary N) is 1. The quantitative estimate of drug-likeness (QED) is 0.675. The topological polar surface area (TPSA) is 55.2 Å². The minimum absolute atomic E-state index is 0.0400. The van der Waals surface area contributed by atoms with Gasteiger partial charge < -0.3 is 5.32 Å². The van der Waals surface area contributed by atoms with Crippen LogP contribution in [0, 0.1) is 10.1 Å². The van der Waals surface area contributed by atoms with Crippen LogP contribution in [0.2, 0.25) is 5.02 Å². The Morgan fingerprint density at radius 3 is 2.76 bits per heavy atom. The smallest absolute Gasteiger partial charge is 0.289 e. The molecule has 0 radical (unpaired) electrons. The molecule has 1 aliphatic heterocycles. The van der Waals surface area contributed by atoms with Crippen LogP contribution in [0.25, 0.3) is 0 Å². The van der Waals surface area contributed by atoms with E-state index >= 15 is 0 Å². The zero-order valence-corrected chi connectivity index (χ0v) is 10.8. The van der Waals surface area contributed by atoms with Gasteiger partial charge in [0.15, 0.2) is 0 Å². The van der Waals surface area contributed by atoms with E-state index in [0.717, 1.165) is 30.0 Å². The summed E-state index contributed by atoms with van der Waals surface area (Å²) in [5.74, 6) is 2.29. The molecule has 1 heterocycles. The molecule has 1 fully saturated rings. The molecule has 1 aromatic carbocycles. The first-order chi connectivity index (χ1) is 8.16. The Balaban J connectivity index is 2.10. The third-order valence-corrected chi connectivity index (χ3v) is 4.10. The van der Waals surface area contributed by atoms with Gasteiger partial charge in [-0.3, -0.25) is 10.1 Å². The molecule has 0 aromatic heterocycles. The van der Waals surface area contributed by atoms with Crippen molar-refractivity contribution in [1.29, 1.82) is 0 Å². The molecule has 6 heteroatoms. The van der Waals surface area contributed by atoms with Crippen molar-refractivity contribution in [2.24, 2.45) is 0 Å². The Morgan fingerprint density at radius 1 is 1.41 bits per heavy atom. The summed E-state index contributed by atoms with van der Waals surface area (Å²) in [5.41, 5.74) is 0.736. The Labute approximate surface area is 109 Å². The lowest BCUT2D eigenvalue weighted by Gasteiger charge is -2.23. The third kappa shape index (κ3) is 3.26. The summed E-state index contributed by atoms with van der Waals surface area (Å²) >= 11 is 7.71. The number of thioether (sulfide) groups is 1. The Bertz CT molecular complexity index is 422. The second kappa shape index (κ2) is 5.60. The van der Waals surface area contributed by atoms with Gasteiger partial charge in [-0.2, -0.15) is 11.8 Å². The van der Waals surface area contributed by atoms with Crippen molar-refractivity contribution in [3.8, 4) is 0 Å². The van der Waals surface area contributed by atoms with Crippen LogP contribution >= 0.6 is 23.4 Å². The molecule has 0 saturated carbocycles. The molecule has 0 amide bonds. The van der Waals surface area contributed by atoms with Crippen molar-refractivity contribution in [1.82, 2.24) is 0 Å². The molecule has 0 spiro atoms. The van der Waals surface area contributed by atoms with E-state index in [0.29, 0.717) is 6.04 Å². The van der Waals surface area contributed by atoms with E-state index in [2.05, 4.69) is 5.32 Å². The highest BCUT2D eigenvalue weighted by atomic mass is 35.5. The zero-order valence-electron chi connectivity index (χ0n) is 9.19. The van der Waals surface area contributed by atoms with Gasteiger partial charge in [-0.25, -0.2) is 0 Å². The van der Waals surface area contributed by atoms with Crippen LogP contribution in [0.3, 0.4) is 0 Å². The summed E-state index contributed by atoms with van der Waals surface area (Å²) in [6.07, 6.45) is 2.20. The molecule has 1 aliphatic rings. The molecule has 92 valence electrons. The fourth-order valence-electron chi connectivity index (χ4n) is 1.82. The molecule has 0 atom stereocenters. The highest BCUT2D eigenvalue weighted by Crippen LogP contribution is 2.29. The highest BCUT2D eigenvalue weighted by molar-refractivity contribution is 7.99. The molecule has 0 unspecified atom stereocenters. The summed E-state index contributed by atoms with van der Waals surface area (Å²) in [7, 11) is 0. The average molecular weight is 273 g/mol. The number of benzene rings is 1. The van der Waals surface area contributed by atoms with Crippen LogP contribution < -0.4 is 5.32 Å². The molecule has 4 nitrogen and oxygen atoms in total. The second-order valence-corrected chi connectivity index (χ2v) is 5.59. The number of halogens is 1. The van der Waals surface area contributed by atoms with Gasteiger partial charge in [-0.05, 0) is 36.5 Å². The largest absolute Gasteiger partial charge is 0.382 e. The SMILES string of the molecule is O=[N+]([O-])c1cc(NC2CCSCC2)ccc1Cl. The molecule has 1 saturated heterocycles. The number of anilines is 1. The van der Waals surface area contributed by atoms with E-state index in [9.17, 15) is 10.1 Å². The standard InChI is InChI=1S/C11H13ClN2O2S/c12-10-2-1-9(7-11(10)14(15)16)13-8-3-5-17-6-4-8/h1-2,7-8,13H,3-6H2. The molecular weight excluding hydrogens is 260 g/mol. The number of nitro benzene ring substituents is 1. The van der Waals surface area contributed by atoms with Crippen LogP contribution in [-0.4, -0.2) is 22.5 Å². The van der Waals surface area contributed by atoms with E-state index in [1.165, 1.54) is 6.07 Å². The van der Waals surface area contributed by atoms with Crippen LogP contribution in [0.4, 0.5) is 11.4 Å². The predicted octanol–water partition coefficient (Wildman–Crippen LogP) is 3.56. The van der Waals surface area contributed by atoms with Gasteiger partial charge in [-0.15, -0.1) is 0 Å². The Kier molecular flexibility index (Phi) is 4.12. The summed E-state index contributed by atoms with van der Waals surface area (Å²) < 4.78 is 0. The first-order valence-electron chi connectivity index (χ1n) is 5.45. The first-order valence-corrected chi connectivity index (χ1v) is 6.98. The molecule has 0 bridgehead atoms. The predicted molar refractivity (Wildman–Crippen MR) is 72.1 cm³/mol. The Morgan fingerprint density at radius 2 is 2.12 bits per heavy atom. The van der Waals surface area contributed by atoms with E-state index < -0.39 is 4.92 Å². The van der Waals surface area contributed by atoms with Gasteiger partial charge >= 0.3 is 0 Å². The molecule has 1 aromatic rings. The van der Waals surface area contributed by atoms with Crippen molar-refractivity contribution in [3.05, 3.63) is 33.3 Å². The van der Waals surface area contributed by atoms with Gasteiger partial charge in [0, 0.05) is 17.8 Å². The van der Waals surface area contributed by atoms with Crippen molar-refractivity contribution in [3.63, 3.8) is 0 Å². The number of nitro groups is 1. The lowest BCUT2D eigenvalue weighted by molar-refractivity contribution is -0.384. The van der Waals surface area contributed by atoms with E-state index in [1.54, 1.807) is 12.1 Å². The van der Waals surface area contributed by atoms with Crippen LogP contribution in [0.5, 0.6) is 0 Å². The van der Waals surface area contributed by atoms with Crippen molar-refractivity contribution in [2.45, 2.75) is 18.9 Å². The highest BCUT2D eigenvalue weighted by Gasteiger charge is 2.16. The van der Waals surface area contributed by atoms with E-state index in [-0.39, 0.29) is 10.7 Å². The first kappa shape index (κ1) is 12.5. The van der Waals surface area contributed by atoms with Crippen molar-refractivity contribution >= 4 is 34.7 Å². The van der Waals surface area contributed by atoms with Crippen LogP contribution in [-0.2, 0) is 0 Å². The third-order valence-electron chi connectivity index (χ3n) is 2.73. The van der Waals surface area contributed by atoms with Gasteiger partial charge in [0.25, 0.3) is 5.69 Å². The fourth-order valence-corrected chi connectivity index (χ4v) is 3.11. The maximum atomic E-state index is 10.8. The van der Waals surface area contributed by atoms with Gasteiger partial charge in [0.05, 0.1) is 4.92 Å². The van der Waals surface area contributed by atoms with Crippen LogP contribution in [0.1, 0.15) is 12.8 Å². The lowest BCUT2D eigenvalue weighted by atomic mass is 10.1. The van der Waals surface area contributed by atoms with E-state index in [4.69, 9.17) is 11.6 Å². The minimum Gasteiger partial charge on any atom is -0.382 e. The zero-order chi connectivity index (χ0) is 12.3. The Hall–Kier alpha value is -0.940. The summed E-state index contributed by atoms with van der Waals surface area (Å²) in [6.45, 7) is 0. The van der Waals surface area contributed by atoms with E-state index in [1.807, 2.05) is 11.8 Å². The summed E-state index contributed by atoms with van der Waals surface area (Å²) in [5, 5.41) is 14.3. The molecule has 1 N–H and O–H groups in total. The average Bonchev–Trinajstić information content (AvgIpc) is 2.32. The normalized spacial score (nSPS) is 16.8. The van der Waals surface area contributed by atoms with Crippen molar-refractivity contribution < 1.29 is 4.92 Å². The summed E-state index contributed by atoms with van der Waals surface area (Å²) in [4.78, 5) is 10.3. The van der Waals surface area contributed by atoms with Crippen LogP contribution in [0.15, 0.2) is 18.2 Å². The summed E-state index contributed by atoms with van der Waals surface area (Å²) in [6, 6.07) is 5.28. The van der Waals surface area contributed by atoms with Gasteiger partial charge in [0.2, 0.25) is 0 Å². The number of nitrogens with zero attached hydrogens (tertiary/aromatic N) is 1. The van der Waals surface area contributed by atoms with Gasteiger partial charge in [-0.1, -0.05) is 11.6 Å². The minimum atomic E-state index is -0.454. The molecule has 2 rings (SSSR count). The number of hydrogen-bond donors (Lipinski definition) is 1. The monoisotopic (exact) mass is 272 g/mol. The van der Waals surface area contributed by atoms with Gasteiger partial charge in [0.1, 0.15) is 5.02 Å². The molecule has 17 heavy (non-hydrogen) atoms. The number of rotatable bonds is 3. The maximum Gasteiger partial charge on any atom is 0.289 e. The maximum absolute atomic E-state index is 10.8. The molecular formula is C11H13ClN2O2S. The fraction of sp³-hybridized carbons (Fsp3) is 0.455. The lowest BCUT2D eigenvalue weighted by Crippen LogP contribution is -2.24. The second-order valence-electron chi connectivity index (χ2n) is 3.95.